The van der Waals surface area contributed by atoms with Crippen molar-refractivity contribution in [3.05, 3.63) is 64.8 Å². The summed E-state index contributed by atoms with van der Waals surface area (Å²) in [7, 11) is 1.89. The summed E-state index contributed by atoms with van der Waals surface area (Å²) < 4.78 is 2.25. The predicted octanol–water partition coefficient (Wildman–Crippen LogP) is 1.95. The van der Waals surface area contributed by atoms with Crippen LogP contribution in [0.2, 0.25) is 0 Å². The Morgan fingerprint density at radius 2 is 2.04 bits per heavy atom. The molecule has 0 bridgehead atoms. The van der Waals surface area contributed by atoms with Gasteiger partial charge in [0.05, 0.1) is 17.6 Å². The molecule has 146 valence electrons. The molecule has 8 heteroatoms. The van der Waals surface area contributed by atoms with Crippen LogP contribution in [-0.4, -0.2) is 49.9 Å². The van der Waals surface area contributed by atoms with Crippen molar-refractivity contribution >= 4 is 46.2 Å². The van der Waals surface area contributed by atoms with Gasteiger partial charge in [-0.05, 0) is 30.2 Å². The maximum atomic E-state index is 12.6. The third-order valence-electron chi connectivity index (χ3n) is 4.35. The fourth-order valence-electron chi connectivity index (χ4n) is 2.87. The number of aliphatic hydroxyl groups excluding tert-OH is 1. The molecule has 6 nitrogen and oxygen atoms in total. The second-order valence-corrected chi connectivity index (χ2v) is 8.12. The van der Waals surface area contributed by atoms with E-state index in [9.17, 15) is 14.7 Å². The lowest BCUT2D eigenvalue weighted by molar-refractivity contribution is -0.129. The van der Waals surface area contributed by atoms with Gasteiger partial charge in [0.2, 0.25) is 5.91 Å². The fourth-order valence-corrected chi connectivity index (χ4v) is 4.11. The minimum atomic E-state index is -0.424. The average molecular weight is 416 g/mol. The van der Waals surface area contributed by atoms with Crippen LogP contribution in [0.3, 0.4) is 0 Å². The topological polar surface area (TPSA) is 74.6 Å². The number of nitrogens with zero attached hydrogens (tertiary/aromatic N) is 2. The number of carbonyl (C=O) groups excluding carboxylic acids is 2. The lowest BCUT2D eigenvalue weighted by Crippen LogP contribution is -2.45. The Bertz CT molecular complexity index is 908. The minimum absolute atomic E-state index is 0.166. The second kappa shape index (κ2) is 9.18. The van der Waals surface area contributed by atoms with Crippen LogP contribution < -0.4 is 5.32 Å². The molecule has 2 N–H and O–H groups in total. The van der Waals surface area contributed by atoms with Gasteiger partial charge in [-0.2, -0.15) is 0 Å². The third-order valence-corrected chi connectivity index (χ3v) is 5.73. The van der Waals surface area contributed by atoms with Crippen LogP contribution >= 0.6 is 24.0 Å². The molecule has 1 aromatic heterocycles. The molecular weight excluding hydrogens is 394 g/mol. The van der Waals surface area contributed by atoms with Gasteiger partial charge in [-0.15, -0.1) is 0 Å². The fraction of sp³-hybridized carbons (Fsp3) is 0.250. The lowest BCUT2D eigenvalue weighted by atomic mass is 10.1. The molecule has 1 aliphatic heterocycles. The van der Waals surface area contributed by atoms with E-state index >= 15 is 0 Å². The highest BCUT2D eigenvalue weighted by Gasteiger charge is 2.33. The van der Waals surface area contributed by atoms with Crippen LogP contribution in [0.1, 0.15) is 11.3 Å². The molecule has 0 spiro atoms. The highest BCUT2D eigenvalue weighted by Crippen LogP contribution is 2.32. The highest BCUT2D eigenvalue weighted by molar-refractivity contribution is 8.26. The van der Waals surface area contributed by atoms with E-state index in [1.165, 1.54) is 16.7 Å². The minimum Gasteiger partial charge on any atom is -0.394 e. The normalized spacial score (nSPS) is 16.6. The van der Waals surface area contributed by atoms with E-state index in [4.69, 9.17) is 12.2 Å². The number of aromatic nitrogens is 1. The Hall–Kier alpha value is -2.42. The van der Waals surface area contributed by atoms with Gasteiger partial charge in [-0.25, -0.2) is 0 Å². The quantitative estimate of drug-likeness (QED) is 0.534. The SMILES string of the molecule is Cn1cccc1C=C1SC(=S)N(CC(=O)NC(CO)Cc2ccccc2)C1=O. The molecule has 0 saturated carbocycles. The molecule has 1 unspecified atom stereocenters. The van der Waals surface area contributed by atoms with E-state index in [-0.39, 0.29) is 25.0 Å². The van der Waals surface area contributed by atoms with Crippen molar-refractivity contribution in [3.63, 3.8) is 0 Å². The van der Waals surface area contributed by atoms with Crippen LogP contribution in [0.25, 0.3) is 6.08 Å². The molecule has 2 aromatic rings. The molecule has 3 rings (SSSR count). The summed E-state index contributed by atoms with van der Waals surface area (Å²) in [5, 5.41) is 12.4. The number of thiocarbonyl (C=S) groups is 1. The zero-order valence-corrected chi connectivity index (χ0v) is 17.0. The standard InChI is InChI=1S/C20H21N3O3S2/c1-22-9-5-8-16(22)11-17-19(26)23(20(27)28-17)12-18(25)21-15(13-24)10-14-6-3-2-4-7-14/h2-9,11,15,24H,10,12-13H2,1H3,(H,21,25). The van der Waals surface area contributed by atoms with Crippen LogP contribution in [0.15, 0.2) is 53.6 Å². The number of thioether (sulfide) groups is 1. The van der Waals surface area contributed by atoms with Gasteiger partial charge in [0, 0.05) is 18.9 Å². The summed E-state index contributed by atoms with van der Waals surface area (Å²) in [5.74, 6) is -0.638. The van der Waals surface area contributed by atoms with Crippen LogP contribution in [-0.2, 0) is 23.1 Å². The van der Waals surface area contributed by atoms with Crippen molar-refractivity contribution < 1.29 is 14.7 Å². The van der Waals surface area contributed by atoms with Crippen molar-refractivity contribution in [2.75, 3.05) is 13.2 Å². The Balaban J connectivity index is 1.61. The van der Waals surface area contributed by atoms with Crippen molar-refractivity contribution in [1.29, 1.82) is 0 Å². The Labute approximate surface area is 173 Å². The van der Waals surface area contributed by atoms with Crippen molar-refractivity contribution in [2.24, 2.45) is 7.05 Å². The van der Waals surface area contributed by atoms with Crippen LogP contribution in [0.5, 0.6) is 0 Å². The average Bonchev–Trinajstić information content (AvgIpc) is 3.20. The molecule has 1 fully saturated rings. The second-order valence-electron chi connectivity index (χ2n) is 6.45. The maximum Gasteiger partial charge on any atom is 0.266 e. The molecule has 1 aromatic carbocycles. The van der Waals surface area contributed by atoms with Gasteiger partial charge in [0.25, 0.3) is 5.91 Å². The van der Waals surface area contributed by atoms with Gasteiger partial charge in [-0.3, -0.25) is 14.5 Å². The molecule has 2 amide bonds. The van der Waals surface area contributed by atoms with Gasteiger partial charge < -0.3 is 15.0 Å². The van der Waals surface area contributed by atoms with E-state index in [0.717, 1.165) is 11.3 Å². The molecule has 2 heterocycles. The smallest absolute Gasteiger partial charge is 0.266 e. The number of aryl methyl sites for hydroxylation is 1. The largest absolute Gasteiger partial charge is 0.394 e. The molecular formula is C20H21N3O3S2. The number of aliphatic hydroxyl groups is 1. The first-order valence-corrected chi connectivity index (χ1v) is 10.0. The van der Waals surface area contributed by atoms with E-state index < -0.39 is 6.04 Å². The molecule has 1 aliphatic rings. The zero-order chi connectivity index (χ0) is 20.1. The Kier molecular flexibility index (Phi) is 6.66. The number of rotatable bonds is 7. The monoisotopic (exact) mass is 415 g/mol. The van der Waals surface area contributed by atoms with Crippen LogP contribution in [0.4, 0.5) is 0 Å². The number of carbonyl (C=O) groups is 2. The number of hydrogen-bond acceptors (Lipinski definition) is 5. The first-order chi connectivity index (χ1) is 13.5. The number of amides is 2. The summed E-state index contributed by atoms with van der Waals surface area (Å²) in [6, 6.07) is 13.0. The number of benzene rings is 1. The van der Waals surface area contributed by atoms with Gasteiger partial charge in [0.1, 0.15) is 10.9 Å². The molecule has 1 atom stereocenters. The van der Waals surface area contributed by atoms with Gasteiger partial charge in [-0.1, -0.05) is 54.3 Å². The molecule has 0 radical (unpaired) electrons. The van der Waals surface area contributed by atoms with E-state index in [0.29, 0.717) is 15.6 Å². The molecule has 1 saturated heterocycles. The summed E-state index contributed by atoms with van der Waals surface area (Å²) in [4.78, 5) is 26.8. The molecule has 0 aliphatic carbocycles. The first kappa shape index (κ1) is 20.3. The van der Waals surface area contributed by atoms with Crippen molar-refractivity contribution in [3.8, 4) is 0 Å². The van der Waals surface area contributed by atoms with Gasteiger partial charge >= 0.3 is 0 Å². The summed E-state index contributed by atoms with van der Waals surface area (Å²) in [6.45, 7) is -0.354. The Morgan fingerprint density at radius 3 is 2.68 bits per heavy atom. The third kappa shape index (κ3) is 4.89. The van der Waals surface area contributed by atoms with Crippen molar-refractivity contribution in [2.45, 2.75) is 12.5 Å². The number of hydrogen-bond donors (Lipinski definition) is 2. The van der Waals surface area contributed by atoms with E-state index in [2.05, 4.69) is 5.32 Å². The summed E-state index contributed by atoms with van der Waals surface area (Å²) in [6.07, 6.45) is 4.17. The lowest BCUT2D eigenvalue weighted by Gasteiger charge is -2.19. The maximum absolute atomic E-state index is 12.6. The summed E-state index contributed by atoms with van der Waals surface area (Å²) in [5.41, 5.74) is 1.89. The first-order valence-electron chi connectivity index (χ1n) is 8.78. The predicted molar refractivity (Wildman–Crippen MR) is 114 cm³/mol. The highest BCUT2D eigenvalue weighted by atomic mass is 32.2. The van der Waals surface area contributed by atoms with E-state index in [1.807, 2.05) is 60.3 Å². The number of nitrogens with one attached hydrogen (secondary N) is 1. The Morgan fingerprint density at radius 1 is 1.29 bits per heavy atom. The summed E-state index contributed by atoms with van der Waals surface area (Å²) >= 11 is 6.46. The van der Waals surface area contributed by atoms with Gasteiger partial charge in [0.15, 0.2) is 0 Å². The molecule has 28 heavy (non-hydrogen) atoms. The van der Waals surface area contributed by atoms with Crippen LogP contribution in [0, 0.1) is 0 Å². The van der Waals surface area contributed by atoms with Crippen molar-refractivity contribution in [1.82, 2.24) is 14.8 Å². The zero-order valence-electron chi connectivity index (χ0n) is 15.4. The van der Waals surface area contributed by atoms with E-state index in [1.54, 1.807) is 6.08 Å².